The van der Waals surface area contributed by atoms with Gasteiger partial charge in [-0.05, 0) is 27.2 Å². The number of unbranched alkanes of at least 4 members (excludes halogenated alkanes) is 1. The second-order valence-electron chi connectivity index (χ2n) is 6.36. The summed E-state index contributed by atoms with van der Waals surface area (Å²) in [5.74, 6) is 0.703. The van der Waals surface area contributed by atoms with Crippen LogP contribution in [0.4, 0.5) is 4.79 Å². The molecule has 0 heterocycles. The number of hydrogen-bond donors (Lipinski definition) is 3. The number of hydrogen-bond acceptors (Lipinski definition) is 4. The van der Waals surface area contributed by atoms with E-state index < -0.39 is 11.7 Å². The molecule has 0 aliphatic carbocycles. The lowest BCUT2D eigenvalue weighted by molar-refractivity contribution is 0.0523. The number of halogens is 1. The lowest BCUT2D eigenvalue weighted by atomic mass is 10.1. The average Bonchev–Trinajstić information content (AvgIpc) is 2.46. The van der Waals surface area contributed by atoms with Crippen LogP contribution in [0.15, 0.2) is 4.99 Å². The van der Waals surface area contributed by atoms with Crippen molar-refractivity contribution in [2.75, 3.05) is 33.9 Å². The van der Waals surface area contributed by atoms with Crippen molar-refractivity contribution in [3.63, 3.8) is 0 Å². The molecular formula is C16H35IN4O3. The fourth-order valence-corrected chi connectivity index (χ4v) is 1.86. The number of guanidine groups is 1. The second kappa shape index (κ2) is 14.6. The maximum Gasteiger partial charge on any atom is 0.407 e. The van der Waals surface area contributed by atoms with Crippen LogP contribution in [0, 0.1) is 0 Å². The van der Waals surface area contributed by atoms with Gasteiger partial charge in [-0.2, -0.15) is 0 Å². The Kier molecular flexibility index (Phi) is 15.5. The Labute approximate surface area is 163 Å². The molecular weight excluding hydrogens is 423 g/mol. The van der Waals surface area contributed by atoms with Crippen LogP contribution in [0.3, 0.4) is 0 Å². The van der Waals surface area contributed by atoms with Crippen LogP contribution in [0.5, 0.6) is 0 Å². The van der Waals surface area contributed by atoms with E-state index in [0.717, 1.165) is 19.3 Å². The predicted octanol–water partition coefficient (Wildman–Crippen LogP) is 2.50. The van der Waals surface area contributed by atoms with Crippen LogP contribution < -0.4 is 16.0 Å². The molecule has 0 bridgehead atoms. The van der Waals surface area contributed by atoms with Gasteiger partial charge in [-0.15, -0.1) is 24.0 Å². The number of methoxy groups -OCH3 is 1. The summed E-state index contributed by atoms with van der Waals surface area (Å²) in [7, 11) is 3.38. The molecule has 1 amide bonds. The van der Waals surface area contributed by atoms with Gasteiger partial charge in [0.1, 0.15) is 5.60 Å². The summed E-state index contributed by atoms with van der Waals surface area (Å²) >= 11 is 0. The van der Waals surface area contributed by atoms with Gasteiger partial charge in [0, 0.05) is 33.3 Å². The van der Waals surface area contributed by atoms with Gasteiger partial charge in [-0.3, -0.25) is 4.99 Å². The molecule has 3 N–H and O–H groups in total. The summed E-state index contributed by atoms with van der Waals surface area (Å²) in [6.45, 7) is 9.46. The van der Waals surface area contributed by atoms with Gasteiger partial charge < -0.3 is 25.4 Å². The first kappa shape index (κ1) is 25.5. The van der Waals surface area contributed by atoms with Gasteiger partial charge in [-0.25, -0.2) is 4.79 Å². The zero-order chi connectivity index (χ0) is 17.7. The van der Waals surface area contributed by atoms with Gasteiger partial charge >= 0.3 is 6.09 Å². The molecule has 0 aromatic heterocycles. The predicted molar refractivity (Wildman–Crippen MR) is 109 cm³/mol. The number of ether oxygens (including phenoxy) is 2. The summed E-state index contributed by atoms with van der Waals surface area (Å²) in [6, 6.07) is 0.0937. The molecule has 0 fully saturated rings. The highest BCUT2D eigenvalue weighted by atomic mass is 127. The molecule has 0 aliphatic heterocycles. The molecule has 24 heavy (non-hydrogen) atoms. The fraction of sp³-hybridized carbons (Fsp3) is 0.875. The summed E-state index contributed by atoms with van der Waals surface area (Å²) in [5, 5.41) is 9.32. The third kappa shape index (κ3) is 14.8. The molecule has 0 saturated heterocycles. The number of carbonyl (C=O) groups excluding carboxylic acids is 1. The van der Waals surface area contributed by atoms with E-state index in [2.05, 4.69) is 27.9 Å². The summed E-state index contributed by atoms with van der Waals surface area (Å²) in [4.78, 5) is 16.0. The van der Waals surface area contributed by atoms with Crippen molar-refractivity contribution in [2.24, 2.45) is 4.99 Å². The third-order valence-electron chi connectivity index (χ3n) is 2.96. The Morgan fingerprint density at radius 2 is 1.92 bits per heavy atom. The Bertz CT molecular complexity index is 360. The topological polar surface area (TPSA) is 84.0 Å². The Morgan fingerprint density at radius 3 is 2.42 bits per heavy atom. The van der Waals surface area contributed by atoms with Crippen molar-refractivity contribution in [1.29, 1.82) is 0 Å². The first-order valence-electron chi connectivity index (χ1n) is 8.25. The largest absolute Gasteiger partial charge is 0.444 e. The van der Waals surface area contributed by atoms with Crippen LogP contribution in [0.1, 0.15) is 47.0 Å². The highest BCUT2D eigenvalue weighted by Crippen LogP contribution is 2.06. The van der Waals surface area contributed by atoms with Crippen molar-refractivity contribution < 1.29 is 14.3 Å². The minimum atomic E-state index is -0.492. The van der Waals surface area contributed by atoms with Crippen LogP contribution in [-0.2, 0) is 9.47 Å². The number of amides is 1. The molecule has 0 radical (unpaired) electrons. The van der Waals surface area contributed by atoms with Gasteiger partial charge in [0.15, 0.2) is 5.96 Å². The maximum atomic E-state index is 11.8. The van der Waals surface area contributed by atoms with Crippen molar-refractivity contribution in [3.05, 3.63) is 0 Å². The molecule has 1 unspecified atom stereocenters. The highest BCUT2D eigenvalue weighted by molar-refractivity contribution is 14.0. The first-order chi connectivity index (χ1) is 10.8. The number of aliphatic imine (C=N–C) groups is 1. The summed E-state index contributed by atoms with van der Waals surface area (Å²) in [5.41, 5.74) is -0.492. The van der Waals surface area contributed by atoms with E-state index >= 15 is 0 Å². The van der Waals surface area contributed by atoms with Crippen LogP contribution in [-0.4, -0.2) is 57.5 Å². The molecule has 0 aromatic rings. The van der Waals surface area contributed by atoms with Crippen molar-refractivity contribution in [2.45, 2.75) is 58.6 Å². The van der Waals surface area contributed by atoms with E-state index in [1.165, 1.54) is 0 Å². The monoisotopic (exact) mass is 458 g/mol. The SMILES string of the molecule is CCCCC(CNC(=O)OC(C)(C)C)NC(=NC)NCCOC.I. The quantitative estimate of drug-likeness (QED) is 0.214. The van der Waals surface area contributed by atoms with Gasteiger partial charge in [0.2, 0.25) is 0 Å². The zero-order valence-corrected chi connectivity index (χ0v) is 18.2. The molecule has 0 aliphatic rings. The molecule has 8 heteroatoms. The average molecular weight is 458 g/mol. The summed E-state index contributed by atoms with van der Waals surface area (Å²) < 4.78 is 10.3. The standard InChI is InChI=1S/C16H34N4O3.HI/c1-7-8-9-13(12-19-15(21)23-16(2,3)4)20-14(17-5)18-10-11-22-6;/h13H,7-12H2,1-6H3,(H,19,21)(H2,17,18,20);1H. The van der Waals surface area contributed by atoms with Gasteiger partial charge in [0.25, 0.3) is 0 Å². The smallest absolute Gasteiger partial charge is 0.407 e. The summed E-state index contributed by atoms with van der Waals surface area (Å²) in [6.07, 6.45) is 2.71. The van der Waals surface area contributed by atoms with Crippen molar-refractivity contribution >= 4 is 36.0 Å². The molecule has 1 atom stereocenters. The van der Waals surface area contributed by atoms with E-state index in [1.54, 1.807) is 14.2 Å². The lowest BCUT2D eigenvalue weighted by Gasteiger charge is -2.24. The van der Waals surface area contributed by atoms with E-state index in [0.29, 0.717) is 25.7 Å². The third-order valence-corrected chi connectivity index (χ3v) is 2.96. The Hall–Kier alpha value is -0.770. The minimum absolute atomic E-state index is 0. The van der Waals surface area contributed by atoms with E-state index in [4.69, 9.17) is 9.47 Å². The highest BCUT2D eigenvalue weighted by Gasteiger charge is 2.17. The fourth-order valence-electron chi connectivity index (χ4n) is 1.86. The van der Waals surface area contributed by atoms with E-state index in [1.807, 2.05) is 20.8 Å². The number of nitrogens with zero attached hydrogens (tertiary/aromatic N) is 1. The first-order valence-corrected chi connectivity index (χ1v) is 8.25. The van der Waals surface area contributed by atoms with Crippen molar-refractivity contribution in [1.82, 2.24) is 16.0 Å². The molecule has 0 spiro atoms. The lowest BCUT2D eigenvalue weighted by Crippen LogP contribution is -2.49. The normalized spacial score (nSPS) is 12.8. The Morgan fingerprint density at radius 1 is 1.25 bits per heavy atom. The van der Waals surface area contributed by atoms with Crippen LogP contribution >= 0.6 is 24.0 Å². The van der Waals surface area contributed by atoms with Crippen LogP contribution in [0.2, 0.25) is 0 Å². The van der Waals surface area contributed by atoms with Crippen LogP contribution in [0.25, 0.3) is 0 Å². The minimum Gasteiger partial charge on any atom is -0.444 e. The molecule has 0 rings (SSSR count). The van der Waals surface area contributed by atoms with Crippen molar-refractivity contribution in [3.8, 4) is 0 Å². The zero-order valence-electron chi connectivity index (χ0n) is 15.9. The number of alkyl carbamates (subject to hydrolysis) is 1. The Balaban J connectivity index is 0. The molecule has 0 aromatic carbocycles. The van der Waals surface area contributed by atoms with E-state index in [-0.39, 0.29) is 30.0 Å². The number of nitrogens with one attached hydrogen (secondary N) is 3. The second-order valence-corrected chi connectivity index (χ2v) is 6.36. The number of carbonyl (C=O) groups is 1. The van der Waals surface area contributed by atoms with Gasteiger partial charge in [-0.1, -0.05) is 19.8 Å². The maximum absolute atomic E-state index is 11.8. The van der Waals surface area contributed by atoms with Gasteiger partial charge in [0.05, 0.1) is 6.61 Å². The molecule has 144 valence electrons. The molecule has 0 saturated carbocycles. The molecule has 7 nitrogen and oxygen atoms in total. The number of rotatable bonds is 9. The van der Waals surface area contributed by atoms with E-state index in [9.17, 15) is 4.79 Å².